The summed E-state index contributed by atoms with van der Waals surface area (Å²) in [6.45, 7) is 0. The van der Waals surface area contributed by atoms with Crippen LogP contribution in [0.5, 0.6) is 0 Å². The lowest BCUT2D eigenvalue weighted by Crippen LogP contribution is -2.11. The predicted molar refractivity (Wildman–Crippen MR) is 71.0 cm³/mol. The Labute approximate surface area is 106 Å². The fourth-order valence-electron chi connectivity index (χ4n) is 1.89. The normalized spacial score (nSPS) is 10.1. The molecule has 0 saturated heterocycles. The number of aromatic carboxylic acids is 1. The molecule has 0 saturated carbocycles. The Kier molecular flexibility index (Phi) is 3.28. The minimum Gasteiger partial charge on any atom is -0.478 e. The molecule has 0 unspecified atom stereocenters. The number of aromatic nitrogens is 1. The molecule has 4 nitrogen and oxygen atoms in total. The van der Waals surface area contributed by atoms with Crippen molar-refractivity contribution < 1.29 is 9.90 Å². The number of rotatable bonds is 3. The van der Waals surface area contributed by atoms with E-state index in [1.54, 1.807) is 30.6 Å². The molecule has 1 heterocycles. The molecular weight excluding hydrogens is 228 g/mol. The second kappa shape index (κ2) is 4.87. The second-order valence-corrected chi connectivity index (χ2v) is 4.14. The van der Waals surface area contributed by atoms with Crippen LogP contribution < -0.4 is 4.90 Å². The number of hydrogen-bond donors (Lipinski definition) is 1. The van der Waals surface area contributed by atoms with E-state index in [9.17, 15) is 9.90 Å². The molecule has 0 aliphatic rings. The number of pyridine rings is 1. The molecule has 0 amide bonds. The second-order valence-electron chi connectivity index (χ2n) is 4.14. The summed E-state index contributed by atoms with van der Waals surface area (Å²) in [7, 11) is 3.84. The Hall–Kier alpha value is -2.36. The van der Waals surface area contributed by atoms with Gasteiger partial charge in [-0.2, -0.15) is 0 Å². The van der Waals surface area contributed by atoms with E-state index in [2.05, 4.69) is 4.98 Å². The van der Waals surface area contributed by atoms with Gasteiger partial charge in [-0.3, -0.25) is 4.98 Å². The van der Waals surface area contributed by atoms with Crippen LogP contribution in [0.1, 0.15) is 10.4 Å². The van der Waals surface area contributed by atoms with Gasteiger partial charge in [0.1, 0.15) is 0 Å². The van der Waals surface area contributed by atoms with Gasteiger partial charge in [0.25, 0.3) is 0 Å². The van der Waals surface area contributed by atoms with Gasteiger partial charge < -0.3 is 10.0 Å². The molecule has 0 atom stereocenters. The fraction of sp³-hybridized carbons (Fsp3) is 0.143. The molecule has 0 bridgehead atoms. The van der Waals surface area contributed by atoms with Gasteiger partial charge in [0, 0.05) is 37.7 Å². The van der Waals surface area contributed by atoms with E-state index in [-0.39, 0.29) is 5.56 Å². The van der Waals surface area contributed by atoms with Crippen molar-refractivity contribution in [2.45, 2.75) is 0 Å². The van der Waals surface area contributed by atoms with E-state index in [1.807, 2.05) is 31.1 Å². The van der Waals surface area contributed by atoms with Crippen LogP contribution >= 0.6 is 0 Å². The van der Waals surface area contributed by atoms with E-state index in [0.29, 0.717) is 5.56 Å². The Balaban J connectivity index is 2.66. The minimum absolute atomic E-state index is 0.286. The zero-order chi connectivity index (χ0) is 13.1. The standard InChI is InChI=1S/C14H14N2O2/c1-16(2)13-7-8-15-9-12(13)10-5-3-4-6-11(10)14(17)18/h3-9H,1-2H3,(H,17,18). The van der Waals surface area contributed by atoms with Crippen LogP contribution in [-0.2, 0) is 0 Å². The highest BCUT2D eigenvalue weighted by Gasteiger charge is 2.14. The number of benzene rings is 1. The molecule has 2 aromatic rings. The van der Waals surface area contributed by atoms with Gasteiger partial charge in [-0.1, -0.05) is 18.2 Å². The van der Waals surface area contributed by atoms with Gasteiger partial charge >= 0.3 is 5.97 Å². The topological polar surface area (TPSA) is 53.4 Å². The van der Waals surface area contributed by atoms with Gasteiger partial charge in [-0.25, -0.2) is 4.79 Å². The van der Waals surface area contributed by atoms with Crippen molar-refractivity contribution in [1.29, 1.82) is 0 Å². The molecule has 4 heteroatoms. The van der Waals surface area contributed by atoms with Crippen molar-refractivity contribution in [2.75, 3.05) is 19.0 Å². The fourth-order valence-corrected chi connectivity index (χ4v) is 1.89. The molecule has 18 heavy (non-hydrogen) atoms. The molecule has 0 fully saturated rings. The lowest BCUT2D eigenvalue weighted by atomic mass is 9.99. The molecule has 0 aliphatic carbocycles. The monoisotopic (exact) mass is 242 g/mol. The Morgan fingerprint density at radius 1 is 1.17 bits per heavy atom. The van der Waals surface area contributed by atoms with Crippen LogP contribution in [0.3, 0.4) is 0 Å². The number of carboxylic acids is 1. The van der Waals surface area contributed by atoms with Crippen molar-refractivity contribution in [1.82, 2.24) is 4.98 Å². The highest BCUT2D eigenvalue weighted by Crippen LogP contribution is 2.31. The third-order valence-corrected chi connectivity index (χ3v) is 2.73. The first-order chi connectivity index (χ1) is 8.61. The first kappa shape index (κ1) is 12.1. The van der Waals surface area contributed by atoms with Gasteiger partial charge in [0.15, 0.2) is 0 Å². The minimum atomic E-state index is -0.931. The van der Waals surface area contributed by atoms with Crippen LogP contribution in [0.2, 0.25) is 0 Å². The van der Waals surface area contributed by atoms with Crippen LogP contribution in [-0.4, -0.2) is 30.2 Å². The molecule has 0 aliphatic heterocycles. The third kappa shape index (κ3) is 2.18. The number of nitrogens with zero attached hydrogens (tertiary/aromatic N) is 2. The molecule has 1 N–H and O–H groups in total. The van der Waals surface area contributed by atoms with Crippen LogP contribution in [0, 0.1) is 0 Å². The summed E-state index contributed by atoms with van der Waals surface area (Å²) in [5.41, 5.74) is 2.73. The van der Waals surface area contributed by atoms with Crippen molar-refractivity contribution in [3.05, 3.63) is 48.3 Å². The molecule has 0 radical (unpaired) electrons. The average Bonchev–Trinajstić information content (AvgIpc) is 2.38. The first-order valence-electron chi connectivity index (χ1n) is 5.55. The van der Waals surface area contributed by atoms with Crippen molar-refractivity contribution in [3.8, 4) is 11.1 Å². The SMILES string of the molecule is CN(C)c1ccncc1-c1ccccc1C(=O)O. The zero-order valence-corrected chi connectivity index (χ0v) is 10.3. The largest absolute Gasteiger partial charge is 0.478 e. The molecule has 0 spiro atoms. The summed E-state index contributed by atoms with van der Waals surface area (Å²) in [6.07, 6.45) is 3.39. The van der Waals surface area contributed by atoms with E-state index >= 15 is 0 Å². The van der Waals surface area contributed by atoms with Crippen LogP contribution in [0.15, 0.2) is 42.7 Å². The molecule has 1 aromatic carbocycles. The first-order valence-corrected chi connectivity index (χ1v) is 5.55. The van der Waals surface area contributed by atoms with E-state index in [1.165, 1.54) is 0 Å². The summed E-state index contributed by atoms with van der Waals surface area (Å²) >= 11 is 0. The van der Waals surface area contributed by atoms with Crippen molar-refractivity contribution in [2.24, 2.45) is 0 Å². The number of anilines is 1. The average molecular weight is 242 g/mol. The number of carbonyl (C=O) groups is 1. The van der Waals surface area contributed by atoms with Gasteiger partial charge in [0.2, 0.25) is 0 Å². The van der Waals surface area contributed by atoms with Gasteiger partial charge in [-0.05, 0) is 17.7 Å². The quantitative estimate of drug-likeness (QED) is 0.898. The number of hydrogen-bond acceptors (Lipinski definition) is 3. The van der Waals surface area contributed by atoms with E-state index < -0.39 is 5.97 Å². The van der Waals surface area contributed by atoms with Crippen molar-refractivity contribution in [3.63, 3.8) is 0 Å². The van der Waals surface area contributed by atoms with Gasteiger partial charge in [0.05, 0.1) is 5.56 Å². The van der Waals surface area contributed by atoms with E-state index in [0.717, 1.165) is 11.3 Å². The Morgan fingerprint density at radius 3 is 2.56 bits per heavy atom. The third-order valence-electron chi connectivity index (χ3n) is 2.73. The van der Waals surface area contributed by atoms with Crippen molar-refractivity contribution >= 4 is 11.7 Å². The molecule has 2 rings (SSSR count). The smallest absolute Gasteiger partial charge is 0.336 e. The highest BCUT2D eigenvalue weighted by molar-refractivity contribution is 5.98. The van der Waals surface area contributed by atoms with Crippen LogP contribution in [0.25, 0.3) is 11.1 Å². The van der Waals surface area contributed by atoms with Crippen LogP contribution in [0.4, 0.5) is 5.69 Å². The molecular formula is C14H14N2O2. The number of carboxylic acid groups (broad SMARTS) is 1. The summed E-state index contributed by atoms with van der Waals surface area (Å²) in [6, 6.07) is 8.82. The Morgan fingerprint density at radius 2 is 1.89 bits per heavy atom. The zero-order valence-electron chi connectivity index (χ0n) is 10.3. The van der Waals surface area contributed by atoms with E-state index in [4.69, 9.17) is 0 Å². The maximum atomic E-state index is 11.2. The predicted octanol–water partition coefficient (Wildman–Crippen LogP) is 2.51. The summed E-state index contributed by atoms with van der Waals surface area (Å²) in [4.78, 5) is 17.3. The highest BCUT2D eigenvalue weighted by atomic mass is 16.4. The summed E-state index contributed by atoms with van der Waals surface area (Å²) in [5, 5.41) is 9.22. The lowest BCUT2D eigenvalue weighted by Gasteiger charge is -2.17. The maximum Gasteiger partial charge on any atom is 0.336 e. The summed E-state index contributed by atoms with van der Waals surface area (Å²) < 4.78 is 0. The Bertz CT molecular complexity index is 580. The lowest BCUT2D eigenvalue weighted by molar-refractivity contribution is 0.0698. The molecule has 92 valence electrons. The maximum absolute atomic E-state index is 11.2. The van der Waals surface area contributed by atoms with Gasteiger partial charge in [-0.15, -0.1) is 0 Å². The molecule has 1 aromatic heterocycles. The summed E-state index contributed by atoms with van der Waals surface area (Å²) in [5.74, 6) is -0.931.